The van der Waals surface area contributed by atoms with Crippen LogP contribution in [0.3, 0.4) is 0 Å². The Labute approximate surface area is 90.1 Å². The van der Waals surface area contributed by atoms with Crippen molar-refractivity contribution in [2.24, 2.45) is 0 Å². The van der Waals surface area contributed by atoms with E-state index in [-0.39, 0.29) is 5.92 Å². The minimum atomic E-state index is -0.942. The fraction of sp³-hybridized carbons (Fsp3) is 0.286. The molecule has 0 nitrogen and oxygen atoms in total. The van der Waals surface area contributed by atoms with Gasteiger partial charge in [0.25, 0.3) is 0 Å². The zero-order valence-corrected chi connectivity index (χ0v) is 8.78. The SMILES string of the molecule is CCc1cccc(C2[C]=CC=CC2F)c1. The Morgan fingerprint density at radius 3 is 3.00 bits per heavy atom. The Hall–Kier alpha value is -1.37. The topological polar surface area (TPSA) is 0 Å². The second-order valence-electron chi connectivity index (χ2n) is 3.74. The van der Waals surface area contributed by atoms with Crippen LogP contribution in [0.4, 0.5) is 4.39 Å². The summed E-state index contributed by atoms with van der Waals surface area (Å²) in [6.07, 6.45) is 8.18. The second-order valence-corrected chi connectivity index (χ2v) is 3.74. The van der Waals surface area contributed by atoms with Crippen LogP contribution in [0.1, 0.15) is 24.0 Å². The Morgan fingerprint density at radius 1 is 1.40 bits per heavy atom. The van der Waals surface area contributed by atoms with Gasteiger partial charge < -0.3 is 0 Å². The highest BCUT2D eigenvalue weighted by Crippen LogP contribution is 2.27. The molecule has 1 radical (unpaired) electrons. The van der Waals surface area contributed by atoms with Crippen molar-refractivity contribution in [3.05, 3.63) is 59.7 Å². The van der Waals surface area contributed by atoms with Gasteiger partial charge >= 0.3 is 0 Å². The van der Waals surface area contributed by atoms with E-state index in [0.717, 1.165) is 12.0 Å². The minimum absolute atomic E-state index is 0.235. The van der Waals surface area contributed by atoms with Crippen LogP contribution >= 0.6 is 0 Å². The Balaban J connectivity index is 2.28. The molecule has 1 aromatic carbocycles. The van der Waals surface area contributed by atoms with Crippen molar-refractivity contribution >= 4 is 0 Å². The van der Waals surface area contributed by atoms with Crippen LogP contribution in [0.2, 0.25) is 0 Å². The number of alkyl halides is 1. The molecule has 0 saturated heterocycles. The van der Waals surface area contributed by atoms with Crippen molar-refractivity contribution in [2.75, 3.05) is 0 Å². The van der Waals surface area contributed by atoms with Gasteiger partial charge in [0.1, 0.15) is 6.17 Å². The molecule has 2 rings (SSSR count). The van der Waals surface area contributed by atoms with E-state index < -0.39 is 6.17 Å². The first kappa shape index (κ1) is 10.2. The van der Waals surface area contributed by atoms with E-state index in [4.69, 9.17) is 0 Å². The summed E-state index contributed by atoms with van der Waals surface area (Å²) in [5.41, 5.74) is 2.26. The van der Waals surface area contributed by atoms with Gasteiger partial charge in [-0.1, -0.05) is 43.3 Å². The average molecular weight is 201 g/mol. The lowest BCUT2D eigenvalue weighted by molar-refractivity contribution is 0.364. The van der Waals surface area contributed by atoms with Crippen LogP contribution in [0.15, 0.2) is 42.5 Å². The van der Waals surface area contributed by atoms with Crippen molar-refractivity contribution in [2.45, 2.75) is 25.4 Å². The summed E-state index contributed by atoms with van der Waals surface area (Å²) in [7, 11) is 0. The molecule has 1 heteroatoms. The molecule has 0 bridgehead atoms. The maximum atomic E-state index is 13.6. The van der Waals surface area contributed by atoms with Crippen LogP contribution in [0, 0.1) is 6.08 Å². The highest BCUT2D eigenvalue weighted by Gasteiger charge is 2.19. The van der Waals surface area contributed by atoms with E-state index in [9.17, 15) is 4.39 Å². The van der Waals surface area contributed by atoms with Crippen molar-refractivity contribution in [1.82, 2.24) is 0 Å². The zero-order valence-electron chi connectivity index (χ0n) is 8.78. The molecule has 1 aliphatic carbocycles. The average Bonchev–Trinajstić information content (AvgIpc) is 2.30. The number of halogens is 1. The number of aryl methyl sites for hydroxylation is 1. The second kappa shape index (κ2) is 4.43. The molecule has 0 N–H and O–H groups in total. The Bertz CT molecular complexity index is 390. The van der Waals surface area contributed by atoms with E-state index in [1.807, 2.05) is 12.1 Å². The van der Waals surface area contributed by atoms with Gasteiger partial charge in [-0.15, -0.1) is 0 Å². The van der Waals surface area contributed by atoms with Gasteiger partial charge in [0.15, 0.2) is 0 Å². The van der Waals surface area contributed by atoms with Gasteiger partial charge in [0.05, 0.1) is 0 Å². The summed E-state index contributed by atoms with van der Waals surface area (Å²) in [6.45, 7) is 2.10. The Kier molecular flexibility index (Phi) is 3.00. The van der Waals surface area contributed by atoms with Gasteiger partial charge in [-0.25, -0.2) is 4.39 Å². The fourth-order valence-corrected chi connectivity index (χ4v) is 1.81. The predicted octanol–water partition coefficient (Wildman–Crippen LogP) is 3.60. The predicted molar refractivity (Wildman–Crippen MR) is 60.4 cm³/mol. The first-order chi connectivity index (χ1) is 7.31. The highest BCUT2D eigenvalue weighted by atomic mass is 19.1. The first-order valence-corrected chi connectivity index (χ1v) is 5.30. The van der Waals surface area contributed by atoms with E-state index >= 15 is 0 Å². The third-order valence-electron chi connectivity index (χ3n) is 2.70. The molecular weight excluding hydrogens is 187 g/mol. The van der Waals surface area contributed by atoms with Crippen LogP contribution in [0.25, 0.3) is 0 Å². The molecule has 2 unspecified atom stereocenters. The molecule has 15 heavy (non-hydrogen) atoms. The third-order valence-corrected chi connectivity index (χ3v) is 2.70. The number of hydrogen-bond donors (Lipinski definition) is 0. The van der Waals surface area contributed by atoms with Gasteiger partial charge in [0, 0.05) is 5.92 Å². The largest absolute Gasteiger partial charge is 0.242 e. The molecule has 0 amide bonds. The molecule has 0 fully saturated rings. The lowest BCUT2D eigenvalue weighted by atomic mass is 9.90. The molecule has 2 atom stereocenters. The van der Waals surface area contributed by atoms with Crippen LogP contribution < -0.4 is 0 Å². The molecule has 0 aliphatic heterocycles. The van der Waals surface area contributed by atoms with E-state index in [2.05, 4.69) is 25.1 Å². The van der Waals surface area contributed by atoms with Gasteiger partial charge in [-0.05, 0) is 29.7 Å². The normalized spacial score (nSPS) is 24.4. The van der Waals surface area contributed by atoms with Gasteiger partial charge in [-0.2, -0.15) is 0 Å². The summed E-state index contributed by atoms with van der Waals surface area (Å²) in [5, 5.41) is 0. The Morgan fingerprint density at radius 2 is 2.27 bits per heavy atom. The van der Waals surface area contributed by atoms with Crippen molar-refractivity contribution < 1.29 is 4.39 Å². The monoisotopic (exact) mass is 201 g/mol. The molecule has 77 valence electrons. The maximum Gasteiger partial charge on any atom is 0.129 e. The maximum absolute atomic E-state index is 13.6. The van der Waals surface area contributed by atoms with Crippen molar-refractivity contribution in [1.29, 1.82) is 0 Å². The van der Waals surface area contributed by atoms with Crippen LogP contribution in [-0.2, 0) is 6.42 Å². The van der Waals surface area contributed by atoms with Crippen LogP contribution in [0.5, 0.6) is 0 Å². The van der Waals surface area contributed by atoms with Crippen LogP contribution in [-0.4, -0.2) is 6.17 Å². The summed E-state index contributed by atoms with van der Waals surface area (Å²) >= 11 is 0. The number of allylic oxidation sites excluding steroid dienone is 4. The smallest absolute Gasteiger partial charge is 0.129 e. The third kappa shape index (κ3) is 2.17. The molecular formula is C14H14F. The summed E-state index contributed by atoms with van der Waals surface area (Å²) in [6, 6.07) is 8.09. The lowest BCUT2D eigenvalue weighted by Crippen LogP contribution is -2.12. The molecule has 0 heterocycles. The molecule has 0 saturated carbocycles. The first-order valence-electron chi connectivity index (χ1n) is 5.30. The number of hydrogen-bond acceptors (Lipinski definition) is 0. The van der Waals surface area contributed by atoms with Crippen molar-refractivity contribution in [3.63, 3.8) is 0 Å². The fourth-order valence-electron chi connectivity index (χ4n) is 1.81. The highest BCUT2D eigenvalue weighted by molar-refractivity contribution is 5.32. The molecule has 0 spiro atoms. The van der Waals surface area contributed by atoms with Gasteiger partial charge in [-0.3, -0.25) is 0 Å². The van der Waals surface area contributed by atoms with E-state index in [1.165, 1.54) is 5.56 Å². The molecule has 1 aromatic rings. The summed E-state index contributed by atoms with van der Waals surface area (Å²) < 4.78 is 13.6. The minimum Gasteiger partial charge on any atom is -0.242 e. The van der Waals surface area contributed by atoms with E-state index in [1.54, 1.807) is 18.2 Å². The van der Waals surface area contributed by atoms with Crippen molar-refractivity contribution in [3.8, 4) is 0 Å². The zero-order chi connectivity index (χ0) is 10.7. The summed E-state index contributed by atoms with van der Waals surface area (Å²) in [5.74, 6) is -0.235. The standard InChI is InChI=1S/C14H14F/c1-2-11-6-5-7-12(10-11)13-8-3-4-9-14(13)15/h3-7,9-10,13-14H,2H2,1H3. The number of rotatable bonds is 2. The summed E-state index contributed by atoms with van der Waals surface area (Å²) in [4.78, 5) is 0. The van der Waals surface area contributed by atoms with Gasteiger partial charge in [0.2, 0.25) is 0 Å². The molecule has 1 aliphatic rings. The number of benzene rings is 1. The van der Waals surface area contributed by atoms with E-state index in [0.29, 0.717) is 0 Å². The lowest BCUT2D eigenvalue weighted by Gasteiger charge is -2.17. The molecule has 0 aromatic heterocycles. The quantitative estimate of drug-likeness (QED) is 0.685.